The van der Waals surface area contributed by atoms with E-state index in [1.54, 1.807) is 18.4 Å². The Bertz CT molecular complexity index is 543. The number of methoxy groups -OCH3 is 2. The number of nitrogens with one attached hydrogen (secondary N) is 2. The van der Waals surface area contributed by atoms with Crippen LogP contribution in [0.5, 0.6) is 0 Å². The van der Waals surface area contributed by atoms with Crippen LogP contribution in [-0.2, 0) is 22.3 Å². The number of thiophene rings is 1. The molecule has 0 saturated carbocycles. The lowest BCUT2D eigenvalue weighted by atomic mass is 10.1. The second-order valence-corrected chi connectivity index (χ2v) is 6.65. The van der Waals surface area contributed by atoms with E-state index in [1.807, 2.05) is 0 Å². The highest BCUT2D eigenvalue weighted by Gasteiger charge is 2.25. The van der Waals surface area contributed by atoms with Crippen LogP contribution in [0.2, 0.25) is 0 Å². The van der Waals surface area contributed by atoms with Crippen LogP contribution in [-0.4, -0.2) is 38.5 Å². The van der Waals surface area contributed by atoms with Gasteiger partial charge in [-0.05, 0) is 43.5 Å². The fraction of sp³-hybridized carbons (Fsp3) is 0.600. The Morgan fingerprint density at radius 3 is 2.77 bits per heavy atom. The number of hydrogen-bond acceptors (Lipinski definition) is 5. The van der Waals surface area contributed by atoms with Gasteiger partial charge in [0.05, 0.1) is 19.3 Å². The van der Waals surface area contributed by atoms with Crippen molar-refractivity contribution >= 4 is 39.6 Å². The van der Waals surface area contributed by atoms with Crippen LogP contribution < -0.4 is 10.6 Å². The van der Waals surface area contributed by atoms with Crippen LogP contribution in [0.1, 0.15) is 40.1 Å². The van der Waals surface area contributed by atoms with Gasteiger partial charge in [0.15, 0.2) is 5.11 Å². The van der Waals surface area contributed by atoms with Crippen LogP contribution in [0.3, 0.4) is 0 Å². The quantitative estimate of drug-likeness (QED) is 0.371. The molecule has 0 amide bonds. The van der Waals surface area contributed by atoms with Crippen molar-refractivity contribution in [1.82, 2.24) is 5.32 Å². The second-order valence-electron chi connectivity index (χ2n) is 5.13. The summed E-state index contributed by atoms with van der Waals surface area (Å²) in [4.78, 5) is 13.5. The zero-order chi connectivity index (χ0) is 15.9. The molecule has 0 saturated heterocycles. The monoisotopic (exact) mass is 342 g/mol. The molecule has 2 N–H and O–H groups in total. The Labute approximate surface area is 140 Å². The molecule has 5 nitrogen and oxygen atoms in total. The largest absolute Gasteiger partial charge is 0.465 e. The molecule has 1 heterocycles. The molecule has 0 atom stereocenters. The van der Waals surface area contributed by atoms with Gasteiger partial charge in [-0.1, -0.05) is 6.42 Å². The summed E-state index contributed by atoms with van der Waals surface area (Å²) in [6.45, 7) is 1.20. The summed E-state index contributed by atoms with van der Waals surface area (Å²) in [5, 5.41) is 7.49. The lowest BCUT2D eigenvalue weighted by Gasteiger charge is -2.10. The fourth-order valence-electron chi connectivity index (χ4n) is 2.56. The number of carbonyl (C=O) groups excluding carboxylic acids is 1. The Morgan fingerprint density at radius 2 is 2.05 bits per heavy atom. The first kappa shape index (κ1) is 17.2. The molecule has 0 spiro atoms. The molecule has 22 heavy (non-hydrogen) atoms. The normalized spacial score (nSPS) is 13.9. The van der Waals surface area contributed by atoms with Crippen LogP contribution in [0.4, 0.5) is 5.00 Å². The lowest BCUT2D eigenvalue weighted by molar-refractivity contribution is 0.0601. The van der Waals surface area contributed by atoms with E-state index in [-0.39, 0.29) is 5.97 Å². The Kier molecular flexibility index (Phi) is 6.60. The molecule has 122 valence electrons. The first-order valence-electron chi connectivity index (χ1n) is 7.44. The van der Waals surface area contributed by atoms with Gasteiger partial charge in [-0.3, -0.25) is 0 Å². The van der Waals surface area contributed by atoms with Crippen molar-refractivity contribution in [1.29, 1.82) is 0 Å². The van der Waals surface area contributed by atoms with Gasteiger partial charge in [0.25, 0.3) is 0 Å². The highest BCUT2D eigenvalue weighted by atomic mass is 32.1. The standard InChI is InChI=1S/C15H22N2O3S2/c1-19-9-8-16-15(21)17-13-12(14(18)20-2)10-6-4-3-5-7-11(10)22-13/h3-9H2,1-2H3,(H2,16,17,21). The van der Waals surface area contributed by atoms with Crippen LogP contribution >= 0.6 is 23.6 Å². The summed E-state index contributed by atoms with van der Waals surface area (Å²) in [5.74, 6) is -0.290. The van der Waals surface area contributed by atoms with Gasteiger partial charge in [0.1, 0.15) is 5.00 Å². The van der Waals surface area contributed by atoms with Crippen LogP contribution in [0.15, 0.2) is 0 Å². The first-order chi connectivity index (χ1) is 10.7. The molecule has 0 unspecified atom stereocenters. The zero-order valence-electron chi connectivity index (χ0n) is 13.0. The number of anilines is 1. The van der Waals surface area contributed by atoms with Gasteiger partial charge >= 0.3 is 5.97 Å². The highest BCUT2D eigenvalue weighted by Crippen LogP contribution is 2.37. The van der Waals surface area contributed by atoms with E-state index in [2.05, 4.69) is 10.6 Å². The number of fused-ring (bicyclic) bond motifs is 1. The first-order valence-corrected chi connectivity index (χ1v) is 8.66. The van der Waals surface area contributed by atoms with Crippen LogP contribution in [0, 0.1) is 0 Å². The number of aryl methyl sites for hydroxylation is 1. The van der Waals surface area contributed by atoms with Crippen molar-refractivity contribution in [3.63, 3.8) is 0 Å². The van der Waals surface area contributed by atoms with E-state index < -0.39 is 0 Å². The number of hydrogen-bond donors (Lipinski definition) is 2. The average Bonchev–Trinajstić information content (AvgIpc) is 2.68. The zero-order valence-corrected chi connectivity index (χ0v) is 14.6. The molecule has 7 heteroatoms. The summed E-state index contributed by atoms with van der Waals surface area (Å²) < 4.78 is 9.95. The predicted molar refractivity (Wildman–Crippen MR) is 93.0 cm³/mol. The van der Waals surface area contributed by atoms with Gasteiger partial charge in [0.2, 0.25) is 0 Å². The summed E-state index contributed by atoms with van der Waals surface area (Å²) in [6, 6.07) is 0. The number of carbonyl (C=O) groups is 1. The number of ether oxygens (including phenoxy) is 2. The van der Waals surface area contributed by atoms with E-state index in [0.29, 0.717) is 23.8 Å². The molecule has 1 aromatic rings. The molecule has 2 rings (SSSR count). The molecule has 0 radical (unpaired) electrons. The molecule has 0 bridgehead atoms. The minimum Gasteiger partial charge on any atom is -0.465 e. The summed E-state index contributed by atoms with van der Waals surface area (Å²) in [6.07, 6.45) is 5.45. The molecule has 1 aliphatic rings. The van der Waals surface area contributed by atoms with E-state index in [4.69, 9.17) is 21.7 Å². The van der Waals surface area contributed by atoms with Crippen molar-refractivity contribution in [3.8, 4) is 0 Å². The van der Waals surface area contributed by atoms with E-state index in [0.717, 1.165) is 29.8 Å². The lowest BCUT2D eigenvalue weighted by Crippen LogP contribution is -2.31. The third-order valence-electron chi connectivity index (χ3n) is 3.63. The molecule has 0 aromatic carbocycles. The molecule has 0 fully saturated rings. The van der Waals surface area contributed by atoms with E-state index >= 15 is 0 Å². The third kappa shape index (κ3) is 4.18. The maximum atomic E-state index is 12.2. The maximum Gasteiger partial charge on any atom is 0.341 e. The predicted octanol–water partition coefficient (Wildman–Crippen LogP) is 2.74. The van der Waals surface area contributed by atoms with Crippen molar-refractivity contribution in [2.75, 3.05) is 32.7 Å². The molecule has 1 aromatic heterocycles. The molecular formula is C15H22N2O3S2. The van der Waals surface area contributed by atoms with E-state index in [9.17, 15) is 4.79 Å². The third-order valence-corrected chi connectivity index (χ3v) is 5.08. The minimum absolute atomic E-state index is 0.290. The second kappa shape index (κ2) is 8.45. The van der Waals surface area contributed by atoms with Gasteiger partial charge < -0.3 is 20.1 Å². The van der Waals surface area contributed by atoms with Gasteiger partial charge in [-0.15, -0.1) is 11.3 Å². The van der Waals surface area contributed by atoms with Crippen LogP contribution in [0.25, 0.3) is 0 Å². The van der Waals surface area contributed by atoms with Gasteiger partial charge in [-0.25, -0.2) is 4.79 Å². The van der Waals surface area contributed by atoms with Crippen molar-refractivity contribution in [3.05, 3.63) is 16.0 Å². The maximum absolute atomic E-state index is 12.2. The fourth-order valence-corrected chi connectivity index (χ4v) is 4.11. The number of rotatable bonds is 5. The molecular weight excluding hydrogens is 320 g/mol. The van der Waals surface area contributed by atoms with Crippen molar-refractivity contribution < 1.29 is 14.3 Å². The number of esters is 1. The minimum atomic E-state index is -0.290. The van der Waals surface area contributed by atoms with Crippen molar-refractivity contribution in [2.24, 2.45) is 0 Å². The number of thiocarbonyl (C=S) groups is 1. The van der Waals surface area contributed by atoms with E-state index in [1.165, 1.54) is 24.8 Å². The highest BCUT2D eigenvalue weighted by molar-refractivity contribution is 7.80. The smallest absolute Gasteiger partial charge is 0.341 e. The SMILES string of the molecule is COCCNC(=S)Nc1sc2c(c1C(=O)OC)CCCCC2. The Balaban J connectivity index is 2.19. The molecule has 0 aliphatic heterocycles. The Morgan fingerprint density at radius 1 is 1.27 bits per heavy atom. The summed E-state index contributed by atoms with van der Waals surface area (Å²) >= 11 is 6.89. The summed E-state index contributed by atoms with van der Waals surface area (Å²) in [5.41, 5.74) is 1.79. The topological polar surface area (TPSA) is 59.6 Å². The van der Waals surface area contributed by atoms with Gasteiger partial charge in [0, 0.05) is 18.5 Å². The average molecular weight is 342 g/mol. The van der Waals surface area contributed by atoms with Crippen molar-refractivity contribution in [2.45, 2.75) is 32.1 Å². The molecule has 1 aliphatic carbocycles. The van der Waals surface area contributed by atoms with Gasteiger partial charge in [-0.2, -0.15) is 0 Å². The summed E-state index contributed by atoms with van der Waals surface area (Å²) in [7, 11) is 3.06. The Hall–Kier alpha value is -1.18.